The molecule has 1 amide bonds. The summed E-state index contributed by atoms with van der Waals surface area (Å²) in [4.78, 5) is 11.2. The lowest BCUT2D eigenvalue weighted by atomic mass is 10.1. The number of hydrogen-bond donors (Lipinski definition) is 1. The number of likely N-dealkylation sites (N-methyl/N-ethyl adjacent to an activating group) is 1. The first-order chi connectivity index (χ1) is 7.95. The van der Waals surface area contributed by atoms with Crippen molar-refractivity contribution in [1.29, 1.82) is 0 Å². The number of alkyl halides is 3. The highest BCUT2D eigenvalue weighted by molar-refractivity contribution is 5.96. The fraction of sp³-hybridized carbons (Fsp3) is 0.250. The van der Waals surface area contributed by atoms with Crippen LogP contribution in [0.4, 0.5) is 13.2 Å². The lowest BCUT2D eigenvalue weighted by molar-refractivity contribution is -0.116. The number of amides is 1. The molecule has 92 valence electrons. The maximum Gasteiger partial charge on any atom is 0.417 e. The van der Waals surface area contributed by atoms with Crippen molar-refractivity contribution >= 4 is 11.5 Å². The zero-order valence-electron chi connectivity index (χ0n) is 9.21. The van der Waals surface area contributed by atoms with Crippen LogP contribution in [0.2, 0.25) is 0 Å². The van der Waals surface area contributed by atoms with Crippen molar-refractivity contribution in [1.82, 2.24) is 5.32 Å². The second kappa shape index (κ2) is 5.52. The molecule has 2 nitrogen and oxygen atoms in total. The third kappa shape index (κ3) is 3.94. The Morgan fingerprint density at radius 1 is 1.29 bits per heavy atom. The highest BCUT2D eigenvalue weighted by atomic mass is 19.4. The Kier molecular flexibility index (Phi) is 4.31. The van der Waals surface area contributed by atoms with Crippen molar-refractivity contribution < 1.29 is 18.0 Å². The van der Waals surface area contributed by atoms with Crippen LogP contribution in [0.25, 0.3) is 5.57 Å². The van der Waals surface area contributed by atoms with E-state index < -0.39 is 17.7 Å². The summed E-state index contributed by atoms with van der Waals surface area (Å²) in [5, 5.41) is 2.30. The Morgan fingerprint density at radius 2 is 1.88 bits per heavy atom. The second-order valence-electron chi connectivity index (χ2n) is 3.32. The summed E-state index contributed by atoms with van der Waals surface area (Å²) < 4.78 is 38.3. The third-order valence-corrected chi connectivity index (χ3v) is 2.02. The van der Waals surface area contributed by atoms with Crippen LogP contribution in [-0.4, -0.2) is 18.6 Å². The minimum absolute atomic E-state index is 0.0220. The van der Waals surface area contributed by atoms with E-state index in [4.69, 9.17) is 0 Å². The lowest BCUT2D eigenvalue weighted by Crippen LogP contribution is -2.22. The van der Waals surface area contributed by atoms with Crippen LogP contribution in [0.1, 0.15) is 12.5 Å². The fourth-order valence-corrected chi connectivity index (χ4v) is 1.30. The highest BCUT2D eigenvalue weighted by Crippen LogP contribution is 2.33. The Morgan fingerprint density at radius 3 is 2.35 bits per heavy atom. The molecule has 0 saturated carbocycles. The van der Waals surface area contributed by atoms with Crippen LogP contribution in [0.5, 0.6) is 0 Å². The zero-order chi connectivity index (χ0) is 12.9. The number of hydrogen-bond acceptors (Lipinski definition) is 1. The quantitative estimate of drug-likeness (QED) is 0.812. The molecule has 0 saturated heterocycles. The van der Waals surface area contributed by atoms with Gasteiger partial charge in [-0.3, -0.25) is 4.79 Å². The molecule has 0 atom stereocenters. The van der Waals surface area contributed by atoms with E-state index in [1.807, 2.05) is 0 Å². The van der Waals surface area contributed by atoms with Gasteiger partial charge < -0.3 is 5.32 Å². The highest BCUT2D eigenvalue weighted by Gasteiger charge is 2.35. The van der Waals surface area contributed by atoms with Crippen molar-refractivity contribution in [2.45, 2.75) is 13.1 Å². The maximum absolute atomic E-state index is 12.8. The molecule has 0 aliphatic heterocycles. The van der Waals surface area contributed by atoms with Crippen molar-refractivity contribution in [3.63, 3.8) is 0 Å². The molecule has 0 aliphatic carbocycles. The number of nitrogens with one attached hydrogen (secondary N) is 1. The Bertz CT molecular complexity index is 410. The number of halogens is 3. The van der Waals surface area contributed by atoms with Crippen molar-refractivity contribution in [3.05, 3.63) is 42.0 Å². The Labute approximate surface area is 97.1 Å². The minimum Gasteiger partial charge on any atom is -0.353 e. The van der Waals surface area contributed by atoms with E-state index in [2.05, 4.69) is 5.32 Å². The number of carbonyl (C=O) groups excluding carboxylic acids is 1. The maximum atomic E-state index is 12.8. The smallest absolute Gasteiger partial charge is 0.353 e. The molecule has 1 rings (SSSR count). The van der Waals surface area contributed by atoms with Crippen LogP contribution in [0.15, 0.2) is 36.4 Å². The molecule has 0 spiro atoms. The molecule has 0 aromatic heterocycles. The van der Waals surface area contributed by atoms with Crippen LogP contribution in [0.3, 0.4) is 0 Å². The molecule has 1 aromatic carbocycles. The van der Waals surface area contributed by atoms with Gasteiger partial charge >= 0.3 is 6.18 Å². The van der Waals surface area contributed by atoms with E-state index in [-0.39, 0.29) is 12.1 Å². The lowest BCUT2D eigenvalue weighted by Gasteiger charge is -2.11. The summed E-state index contributed by atoms with van der Waals surface area (Å²) in [6.45, 7) is 1.93. The number of carbonyl (C=O) groups is 1. The summed E-state index contributed by atoms with van der Waals surface area (Å²) >= 11 is 0. The average Bonchev–Trinajstić information content (AvgIpc) is 2.26. The SMILES string of the molecule is CCNC(=O)/C=C(\c1ccccc1)C(F)(F)F. The molecular weight excluding hydrogens is 231 g/mol. The molecule has 17 heavy (non-hydrogen) atoms. The first kappa shape index (κ1) is 13.3. The largest absolute Gasteiger partial charge is 0.417 e. The van der Waals surface area contributed by atoms with Gasteiger partial charge in [-0.1, -0.05) is 30.3 Å². The van der Waals surface area contributed by atoms with E-state index in [1.54, 1.807) is 13.0 Å². The summed E-state index contributed by atoms with van der Waals surface area (Å²) in [6, 6.07) is 7.24. The molecule has 0 bridgehead atoms. The van der Waals surface area contributed by atoms with E-state index in [0.29, 0.717) is 6.08 Å². The standard InChI is InChI=1S/C12H12F3NO/c1-2-16-11(17)8-10(12(13,14)15)9-6-4-3-5-7-9/h3-8H,2H2,1H3,(H,16,17)/b10-8+. The monoisotopic (exact) mass is 243 g/mol. The summed E-state index contributed by atoms with van der Waals surface area (Å²) in [7, 11) is 0. The first-order valence-corrected chi connectivity index (χ1v) is 5.07. The van der Waals surface area contributed by atoms with Gasteiger partial charge in [0.05, 0.1) is 5.57 Å². The summed E-state index contributed by atoms with van der Waals surface area (Å²) in [5.41, 5.74) is -0.963. The Hall–Kier alpha value is -1.78. The number of allylic oxidation sites excluding steroid dienone is 1. The van der Waals surface area contributed by atoms with Crippen LogP contribution in [-0.2, 0) is 4.79 Å². The van der Waals surface area contributed by atoms with Gasteiger partial charge in [0, 0.05) is 12.6 Å². The number of rotatable bonds is 3. The first-order valence-electron chi connectivity index (χ1n) is 5.07. The summed E-state index contributed by atoms with van der Waals surface area (Å²) in [6.07, 6.45) is -3.97. The van der Waals surface area contributed by atoms with Gasteiger partial charge in [0.1, 0.15) is 0 Å². The van der Waals surface area contributed by atoms with E-state index in [1.165, 1.54) is 24.3 Å². The van der Waals surface area contributed by atoms with Crippen molar-refractivity contribution in [3.8, 4) is 0 Å². The normalized spacial score (nSPS) is 12.4. The molecule has 0 radical (unpaired) electrons. The van der Waals surface area contributed by atoms with E-state index >= 15 is 0 Å². The van der Waals surface area contributed by atoms with E-state index in [9.17, 15) is 18.0 Å². The predicted molar refractivity (Wildman–Crippen MR) is 59.2 cm³/mol. The van der Waals surface area contributed by atoms with E-state index in [0.717, 1.165) is 0 Å². The average molecular weight is 243 g/mol. The summed E-state index contributed by atoms with van der Waals surface area (Å²) in [5.74, 6) is -0.747. The molecule has 0 unspecified atom stereocenters. The van der Waals surface area contributed by atoms with Gasteiger partial charge in [-0.25, -0.2) is 0 Å². The molecule has 0 heterocycles. The topological polar surface area (TPSA) is 29.1 Å². The second-order valence-corrected chi connectivity index (χ2v) is 3.32. The Balaban J connectivity index is 3.10. The number of benzene rings is 1. The van der Waals surface area contributed by atoms with Gasteiger partial charge in [0.15, 0.2) is 0 Å². The minimum atomic E-state index is -4.55. The van der Waals surface area contributed by atoms with Crippen LogP contribution in [0, 0.1) is 0 Å². The van der Waals surface area contributed by atoms with Crippen molar-refractivity contribution in [2.75, 3.05) is 6.54 Å². The predicted octanol–water partition coefficient (Wildman–Crippen LogP) is 2.77. The molecular formula is C12H12F3NO. The molecule has 5 heteroatoms. The molecule has 0 fully saturated rings. The van der Waals surface area contributed by atoms with Gasteiger partial charge in [0.2, 0.25) is 5.91 Å². The molecule has 1 aromatic rings. The van der Waals surface area contributed by atoms with Crippen molar-refractivity contribution in [2.24, 2.45) is 0 Å². The fourth-order valence-electron chi connectivity index (χ4n) is 1.30. The van der Waals surface area contributed by atoms with Crippen LogP contribution >= 0.6 is 0 Å². The van der Waals surface area contributed by atoms with Gasteiger partial charge in [-0.15, -0.1) is 0 Å². The van der Waals surface area contributed by atoms with Gasteiger partial charge in [0.25, 0.3) is 0 Å². The molecule has 0 aliphatic rings. The third-order valence-electron chi connectivity index (χ3n) is 2.02. The zero-order valence-corrected chi connectivity index (χ0v) is 9.21. The van der Waals surface area contributed by atoms with Gasteiger partial charge in [-0.2, -0.15) is 13.2 Å². The van der Waals surface area contributed by atoms with Crippen LogP contribution < -0.4 is 5.32 Å². The van der Waals surface area contributed by atoms with Gasteiger partial charge in [-0.05, 0) is 12.5 Å². The molecule has 1 N–H and O–H groups in total.